The number of carbonyl (C=O) groups is 2. The predicted octanol–water partition coefficient (Wildman–Crippen LogP) is 8.98. The molecule has 5 rings (SSSR count). The Morgan fingerprint density at radius 2 is 1.63 bits per heavy atom. The number of nitrogens with zero attached hydrogens (tertiary/aromatic N) is 1. The van der Waals surface area contributed by atoms with Crippen molar-refractivity contribution in [3.8, 4) is 28.0 Å². The zero-order chi connectivity index (χ0) is 33.5. The number of aryl methyl sites for hydroxylation is 3. The van der Waals surface area contributed by atoms with Crippen LogP contribution in [0, 0.1) is 26.6 Å². The standard InChI is InChI=1S/C36H33F4NO5/c1-19-7-9-28(30-16-29(31(37)17-32(30)44-5)23-8-10-27(21(3)14-23)34(42)45-6)25(11-19)18-41-22(4)33(46-35(41)43)24-12-20(2)13-26(15-24)36(38,39)40/h7-17,22,33H,18H2,1-6H3/t22-,33-/m0/s1. The van der Waals surface area contributed by atoms with Gasteiger partial charge in [-0.05, 0) is 79.8 Å². The van der Waals surface area contributed by atoms with Gasteiger partial charge >= 0.3 is 18.2 Å². The molecule has 0 bridgehead atoms. The first-order valence-electron chi connectivity index (χ1n) is 14.5. The number of hydrogen-bond acceptors (Lipinski definition) is 5. The fraction of sp³-hybridized carbons (Fsp3) is 0.278. The molecule has 1 heterocycles. The third-order valence-electron chi connectivity index (χ3n) is 8.27. The van der Waals surface area contributed by atoms with Crippen LogP contribution in [0.2, 0.25) is 0 Å². The number of cyclic esters (lactones) is 1. The summed E-state index contributed by atoms with van der Waals surface area (Å²) in [5.41, 5.74) is 4.50. The van der Waals surface area contributed by atoms with Crippen LogP contribution in [0.5, 0.6) is 5.75 Å². The molecule has 0 N–H and O–H groups in total. The molecule has 0 aromatic heterocycles. The van der Waals surface area contributed by atoms with E-state index in [1.165, 1.54) is 25.2 Å². The van der Waals surface area contributed by atoms with Crippen LogP contribution in [0.15, 0.2) is 66.7 Å². The number of esters is 1. The highest BCUT2D eigenvalue weighted by Gasteiger charge is 2.41. The molecular formula is C36H33F4NO5. The van der Waals surface area contributed by atoms with Crippen molar-refractivity contribution < 1.29 is 41.4 Å². The van der Waals surface area contributed by atoms with Gasteiger partial charge in [-0.2, -0.15) is 13.2 Å². The number of halogens is 4. The average molecular weight is 636 g/mol. The lowest BCUT2D eigenvalue weighted by atomic mass is 9.92. The molecule has 1 amide bonds. The summed E-state index contributed by atoms with van der Waals surface area (Å²) in [4.78, 5) is 26.8. The van der Waals surface area contributed by atoms with E-state index in [0.717, 1.165) is 17.7 Å². The van der Waals surface area contributed by atoms with E-state index in [9.17, 15) is 22.8 Å². The highest BCUT2D eigenvalue weighted by Crippen LogP contribution is 2.41. The summed E-state index contributed by atoms with van der Waals surface area (Å²) < 4.78 is 72.2. The second kappa shape index (κ2) is 12.5. The van der Waals surface area contributed by atoms with Crippen molar-refractivity contribution in [1.82, 2.24) is 4.90 Å². The summed E-state index contributed by atoms with van der Waals surface area (Å²) in [6.07, 6.45) is -6.12. The van der Waals surface area contributed by atoms with Crippen molar-refractivity contribution in [2.45, 2.75) is 52.6 Å². The first kappa shape index (κ1) is 32.5. The zero-order valence-corrected chi connectivity index (χ0v) is 26.2. The SMILES string of the molecule is COC(=O)c1ccc(-c2cc(-c3ccc(C)cc3CN3C(=O)O[C@H](c4cc(C)cc(C(F)(F)F)c4)[C@@H]3C)c(OC)cc2F)cc1C. The molecule has 0 saturated carbocycles. The van der Waals surface area contributed by atoms with Gasteiger partial charge in [-0.1, -0.05) is 47.5 Å². The topological polar surface area (TPSA) is 65.1 Å². The van der Waals surface area contributed by atoms with Gasteiger partial charge < -0.3 is 14.2 Å². The van der Waals surface area contributed by atoms with Crippen LogP contribution in [-0.2, 0) is 22.2 Å². The lowest BCUT2D eigenvalue weighted by Gasteiger charge is -2.24. The lowest BCUT2D eigenvalue weighted by molar-refractivity contribution is -0.137. The number of ether oxygens (including phenoxy) is 3. The quantitative estimate of drug-likeness (QED) is 0.150. The molecule has 6 nitrogen and oxygen atoms in total. The van der Waals surface area contributed by atoms with E-state index in [-0.39, 0.29) is 23.4 Å². The molecule has 240 valence electrons. The van der Waals surface area contributed by atoms with Crippen LogP contribution < -0.4 is 4.74 Å². The minimum absolute atomic E-state index is 0.0776. The number of amides is 1. The van der Waals surface area contributed by atoms with Crippen molar-refractivity contribution in [2.24, 2.45) is 0 Å². The fourth-order valence-corrected chi connectivity index (χ4v) is 5.93. The van der Waals surface area contributed by atoms with Gasteiger partial charge in [-0.15, -0.1) is 0 Å². The Labute approximate surface area is 264 Å². The largest absolute Gasteiger partial charge is 0.496 e. The molecular weight excluding hydrogens is 602 g/mol. The first-order chi connectivity index (χ1) is 21.7. The molecule has 1 fully saturated rings. The summed E-state index contributed by atoms with van der Waals surface area (Å²) in [6, 6.07) is 16.6. The smallest absolute Gasteiger partial charge is 0.416 e. The summed E-state index contributed by atoms with van der Waals surface area (Å²) >= 11 is 0. The highest BCUT2D eigenvalue weighted by atomic mass is 19.4. The van der Waals surface area contributed by atoms with Gasteiger partial charge in [0.25, 0.3) is 0 Å². The van der Waals surface area contributed by atoms with Gasteiger partial charge in [0, 0.05) is 17.2 Å². The minimum Gasteiger partial charge on any atom is -0.496 e. The van der Waals surface area contributed by atoms with Gasteiger partial charge in [0.05, 0.1) is 37.9 Å². The maximum Gasteiger partial charge on any atom is 0.416 e. The van der Waals surface area contributed by atoms with Crippen molar-refractivity contribution in [3.05, 3.63) is 111 Å². The monoisotopic (exact) mass is 635 g/mol. The van der Waals surface area contributed by atoms with Crippen LogP contribution >= 0.6 is 0 Å². The third-order valence-corrected chi connectivity index (χ3v) is 8.27. The molecule has 10 heteroatoms. The summed E-state index contributed by atoms with van der Waals surface area (Å²) in [7, 11) is 2.72. The minimum atomic E-state index is -4.54. The zero-order valence-electron chi connectivity index (χ0n) is 26.2. The molecule has 4 aromatic carbocycles. The molecule has 1 saturated heterocycles. The van der Waals surface area contributed by atoms with E-state index in [0.29, 0.717) is 38.9 Å². The van der Waals surface area contributed by atoms with Crippen LogP contribution in [-0.4, -0.2) is 37.2 Å². The Morgan fingerprint density at radius 1 is 0.891 bits per heavy atom. The predicted molar refractivity (Wildman–Crippen MR) is 165 cm³/mol. The number of rotatable bonds is 7. The molecule has 2 atom stereocenters. The second-order valence-corrected chi connectivity index (χ2v) is 11.5. The van der Waals surface area contributed by atoms with Crippen molar-refractivity contribution >= 4 is 12.1 Å². The van der Waals surface area contributed by atoms with Gasteiger partial charge in [-0.3, -0.25) is 4.90 Å². The summed E-state index contributed by atoms with van der Waals surface area (Å²) in [6.45, 7) is 7.01. The van der Waals surface area contributed by atoms with Gasteiger partial charge in [0.1, 0.15) is 17.7 Å². The molecule has 0 unspecified atom stereocenters. The van der Waals surface area contributed by atoms with E-state index >= 15 is 4.39 Å². The third kappa shape index (κ3) is 6.29. The Balaban J connectivity index is 1.54. The van der Waals surface area contributed by atoms with Crippen LogP contribution in [0.1, 0.15) is 56.8 Å². The molecule has 0 aliphatic carbocycles. The van der Waals surface area contributed by atoms with Crippen molar-refractivity contribution in [1.29, 1.82) is 0 Å². The summed E-state index contributed by atoms with van der Waals surface area (Å²) in [5.74, 6) is -0.761. The molecule has 0 spiro atoms. The summed E-state index contributed by atoms with van der Waals surface area (Å²) in [5, 5.41) is 0. The Hall–Kier alpha value is -4.86. The van der Waals surface area contributed by atoms with Crippen molar-refractivity contribution in [2.75, 3.05) is 14.2 Å². The Bertz CT molecular complexity index is 1830. The van der Waals surface area contributed by atoms with E-state index in [4.69, 9.17) is 14.2 Å². The second-order valence-electron chi connectivity index (χ2n) is 11.5. The maximum absolute atomic E-state index is 15.5. The Morgan fingerprint density at radius 3 is 2.28 bits per heavy atom. The number of benzene rings is 4. The fourth-order valence-electron chi connectivity index (χ4n) is 5.93. The number of hydrogen-bond donors (Lipinski definition) is 0. The van der Waals surface area contributed by atoms with Gasteiger partial charge in [0.2, 0.25) is 0 Å². The molecule has 1 aliphatic rings. The van der Waals surface area contributed by atoms with Crippen LogP contribution in [0.4, 0.5) is 22.4 Å². The number of carbonyl (C=O) groups excluding carboxylic acids is 2. The normalized spacial score (nSPS) is 16.4. The number of alkyl halides is 3. The van der Waals surface area contributed by atoms with Crippen LogP contribution in [0.3, 0.4) is 0 Å². The average Bonchev–Trinajstić information content (AvgIpc) is 3.28. The van der Waals surface area contributed by atoms with Crippen LogP contribution in [0.25, 0.3) is 22.3 Å². The van der Waals surface area contributed by atoms with E-state index < -0.39 is 41.8 Å². The number of methoxy groups -OCH3 is 2. The van der Waals surface area contributed by atoms with Crippen molar-refractivity contribution in [3.63, 3.8) is 0 Å². The molecule has 4 aromatic rings. The molecule has 46 heavy (non-hydrogen) atoms. The lowest BCUT2D eigenvalue weighted by Crippen LogP contribution is -2.31. The van der Waals surface area contributed by atoms with E-state index in [2.05, 4.69) is 0 Å². The Kier molecular flexibility index (Phi) is 8.84. The van der Waals surface area contributed by atoms with Gasteiger partial charge in [0.15, 0.2) is 0 Å². The van der Waals surface area contributed by atoms with E-state index in [1.54, 1.807) is 51.1 Å². The maximum atomic E-state index is 15.5. The van der Waals surface area contributed by atoms with Gasteiger partial charge in [-0.25, -0.2) is 14.0 Å². The van der Waals surface area contributed by atoms with E-state index in [1.807, 2.05) is 25.1 Å². The molecule has 1 aliphatic heterocycles. The molecule has 0 radical (unpaired) electrons. The highest BCUT2D eigenvalue weighted by molar-refractivity contribution is 5.92. The first-order valence-corrected chi connectivity index (χ1v) is 14.5.